The number of halogens is 4. The van der Waals surface area contributed by atoms with E-state index in [2.05, 4.69) is 179 Å². The predicted octanol–water partition coefficient (Wildman–Crippen LogP) is 15.2. The van der Waals surface area contributed by atoms with Crippen LogP contribution in [0.2, 0.25) is 0 Å². The first kappa shape index (κ1) is 57.5. The van der Waals surface area contributed by atoms with Gasteiger partial charge in [0.2, 0.25) is 5.91 Å². The van der Waals surface area contributed by atoms with Crippen molar-refractivity contribution in [3.63, 3.8) is 0 Å². The summed E-state index contributed by atoms with van der Waals surface area (Å²) in [6, 6.07) is 36.7. The molecule has 23 heteroatoms. The Kier molecular flexibility index (Phi) is 21.7. The molecule has 75 heavy (non-hydrogen) atoms. The van der Waals surface area contributed by atoms with Crippen molar-refractivity contribution < 1.29 is 14.5 Å². The SMILES string of the molecule is CC(C)I.NC(=O)c1ccc2[nH]nc(-c3nc4ccccc4[nH]3)c2c1.[C-]#[N+]c1ccc2[nH]nc(-c3nc4ccccc4[nH]3)c2c1.[C-]#[N+]c1ccc2[nH]ncc2c1.[C-]#[N+]c1ccc2n[nH]c(C=O)c2c1.[CH2-]C.[I][V]([I])[I]. The molecule has 0 saturated heterocycles. The summed E-state index contributed by atoms with van der Waals surface area (Å²) in [4.78, 5) is 47.2. The number of rotatable bonds is 4. The number of imidazole rings is 2. The fraction of sp³-hybridized carbons (Fsp3) is 0.0769. The Bertz CT molecular complexity index is 3930. The molecule has 0 unspecified atom stereocenters. The zero-order chi connectivity index (χ0) is 54.0. The van der Waals surface area contributed by atoms with Crippen LogP contribution >= 0.6 is 82.5 Å². The van der Waals surface area contributed by atoms with Gasteiger partial charge in [-0.2, -0.15) is 27.3 Å². The molecule has 0 aliphatic carbocycles. The number of carbonyl (C=O) groups excluding carboxylic acids is 2. The zero-order valence-corrected chi connectivity index (χ0v) is 49.9. The molecule has 12 rings (SSSR count). The van der Waals surface area contributed by atoms with E-state index in [1.54, 1.807) is 61.7 Å². The molecular weight excluding hydrogens is 1440 g/mol. The van der Waals surface area contributed by atoms with E-state index in [0.29, 0.717) is 62.9 Å². The van der Waals surface area contributed by atoms with Crippen LogP contribution in [0.4, 0.5) is 17.1 Å². The topological polar surface area (TPSA) is 245 Å². The van der Waals surface area contributed by atoms with Crippen molar-refractivity contribution >= 4 is 177 Å². The number of aldehydes is 1. The van der Waals surface area contributed by atoms with E-state index in [1.807, 2.05) is 72.8 Å². The second kappa shape index (κ2) is 28.2. The van der Waals surface area contributed by atoms with Crippen LogP contribution in [0.15, 0.2) is 128 Å². The molecule has 8 N–H and O–H groups in total. The summed E-state index contributed by atoms with van der Waals surface area (Å²) < 4.78 is 0.803. The van der Waals surface area contributed by atoms with Gasteiger partial charge in [0, 0.05) is 31.0 Å². The second-order valence-electron chi connectivity index (χ2n) is 15.3. The van der Waals surface area contributed by atoms with Gasteiger partial charge in [-0.05, 0) is 78.9 Å². The molecule has 0 saturated carbocycles. The second-order valence-corrected chi connectivity index (χ2v) is 53.2. The van der Waals surface area contributed by atoms with Crippen LogP contribution in [0.5, 0.6) is 0 Å². The number of fused-ring (bicyclic) bond motifs is 6. The van der Waals surface area contributed by atoms with Gasteiger partial charge < -0.3 is 22.6 Å². The van der Waals surface area contributed by atoms with Crippen molar-refractivity contribution in [1.29, 1.82) is 0 Å². The van der Waals surface area contributed by atoms with E-state index in [0.717, 1.165) is 64.4 Å². The summed E-state index contributed by atoms with van der Waals surface area (Å²) in [6.45, 7) is 30.0. The Hall–Kier alpha value is -6.75. The van der Waals surface area contributed by atoms with Gasteiger partial charge in [0.05, 0.1) is 70.0 Å². The summed E-state index contributed by atoms with van der Waals surface area (Å²) in [5.41, 5.74) is 16.4. The van der Waals surface area contributed by atoms with Gasteiger partial charge in [0.15, 0.2) is 35.0 Å². The first-order valence-corrected chi connectivity index (χ1v) is 36.8. The van der Waals surface area contributed by atoms with Gasteiger partial charge in [-0.3, -0.25) is 30.0 Å². The third-order valence-corrected chi connectivity index (χ3v) is 10.1. The summed E-state index contributed by atoms with van der Waals surface area (Å²) in [6.07, 6.45) is 2.41. The number of nitrogens with two attached hydrogens (primary N) is 1. The van der Waals surface area contributed by atoms with Gasteiger partial charge in [-0.25, -0.2) is 24.5 Å². The van der Waals surface area contributed by atoms with Crippen LogP contribution in [-0.4, -0.2) is 76.8 Å². The molecule has 376 valence electrons. The number of alkyl halides is 1. The van der Waals surface area contributed by atoms with Gasteiger partial charge >= 0.3 is 64.9 Å². The fourth-order valence-corrected chi connectivity index (χ4v) is 6.91. The minimum atomic E-state index is -0.464. The molecule has 6 heterocycles. The third-order valence-electron chi connectivity index (χ3n) is 10.1. The molecule has 1 amide bonds. The van der Waals surface area contributed by atoms with Crippen LogP contribution in [0.3, 0.4) is 0 Å². The Labute approximate surface area is 480 Å². The number of hydrogen-bond donors (Lipinski definition) is 7. The van der Waals surface area contributed by atoms with E-state index in [9.17, 15) is 9.59 Å². The van der Waals surface area contributed by atoms with E-state index in [1.165, 1.54) is 0 Å². The average Bonchev–Trinajstić information content (AvgIpc) is 4.30. The van der Waals surface area contributed by atoms with Crippen molar-refractivity contribution in [2.75, 3.05) is 0 Å². The third kappa shape index (κ3) is 15.4. The van der Waals surface area contributed by atoms with Crippen LogP contribution in [-0.2, 0) is 4.92 Å². The summed E-state index contributed by atoms with van der Waals surface area (Å²) in [7, 11) is 0. The number of aromatic nitrogens is 12. The van der Waals surface area contributed by atoms with Gasteiger partial charge in [-0.1, -0.05) is 78.9 Å². The van der Waals surface area contributed by atoms with Crippen molar-refractivity contribution in [1.82, 2.24) is 60.7 Å². The number of H-pyrrole nitrogens is 6. The number of hydrogen-bond acceptors (Lipinski definition) is 8. The number of amides is 1. The number of aromatic amines is 6. The molecule has 6 aromatic carbocycles. The number of primary amides is 1. The van der Waals surface area contributed by atoms with Gasteiger partial charge in [-0.15, -0.1) is 0 Å². The van der Waals surface area contributed by atoms with Crippen LogP contribution in [0.25, 0.3) is 103 Å². The molecular formula is C52H42I4N16O2V-. The molecule has 0 spiro atoms. The molecule has 18 nitrogen and oxygen atoms in total. The Morgan fingerprint density at radius 1 is 0.613 bits per heavy atom. The van der Waals surface area contributed by atoms with E-state index < -0.39 is 5.91 Å². The molecule has 6 aromatic heterocycles. The van der Waals surface area contributed by atoms with Crippen molar-refractivity contribution in [3.05, 3.63) is 180 Å². The Balaban J connectivity index is 0.000000157. The molecule has 0 aliphatic heterocycles. The summed E-state index contributed by atoms with van der Waals surface area (Å²) in [5, 5.41) is 31.1. The van der Waals surface area contributed by atoms with Crippen molar-refractivity contribution in [3.8, 4) is 23.0 Å². The van der Waals surface area contributed by atoms with Gasteiger partial charge in [0.25, 0.3) is 0 Å². The first-order chi connectivity index (χ1) is 36.3. The standard InChI is InChI=1S/C15H11N5O.C15H9N5.C9H5N3O.C8H5N3.C3H7I.C2H5.3HI.V/c16-14(21)8-5-6-10-9(7-8)13(20-19-10)15-17-11-3-1-2-4-12(11)18-15;1-16-9-6-7-11-10(8-9)14(20-19-11)15-17-12-4-2-3-5-13(12)18-15;1-10-6-2-3-8-7(4-6)9(5-13)12-11-8;1-9-7-2-3-8-6(4-7)5-10-11-8;1-3(2)4;1-2;;;;/h1-7H,(H2,16,21)(H,17,18)(H,19,20);2-8H,(H,17,18)(H,19,20);2-5H,(H,11,12);2-5H,(H,10,11);3H,1-2H3;1H2,2H3;3*1H;/q;;;;;-1;;;;+3/p-3. The number of para-hydroxylation sites is 4. The number of nitrogens with zero attached hydrogens (tertiary/aromatic N) is 9. The maximum atomic E-state index is 11.3. The van der Waals surface area contributed by atoms with Crippen LogP contribution < -0.4 is 5.73 Å². The normalized spacial score (nSPS) is 10.2. The van der Waals surface area contributed by atoms with Crippen LogP contribution in [0.1, 0.15) is 41.6 Å². The molecule has 0 atom stereocenters. The van der Waals surface area contributed by atoms with E-state index in [-0.39, 0.29) is 4.92 Å². The Morgan fingerprint density at radius 2 is 1.08 bits per heavy atom. The van der Waals surface area contributed by atoms with Crippen molar-refractivity contribution in [2.24, 2.45) is 5.73 Å². The molecule has 0 radical (unpaired) electrons. The maximum absolute atomic E-state index is 11.3. The fourth-order valence-electron chi connectivity index (χ4n) is 6.91. The molecule has 0 aliphatic rings. The monoisotopic (exact) mass is 1480 g/mol. The van der Waals surface area contributed by atoms with E-state index >= 15 is 0 Å². The average molecular weight is 1480 g/mol. The Morgan fingerprint density at radius 3 is 1.59 bits per heavy atom. The van der Waals surface area contributed by atoms with Gasteiger partial charge in [0.1, 0.15) is 17.1 Å². The summed E-state index contributed by atoms with van der Waals surface area (Å²) >= 11 is 9.73. The van der Waals surface area contributed by atoms with Crippen LogP contribution in [0, 0.1) is 26.6 Å². The van der Waals surface area contributed by atoms with E-state index in [4.69, 9.17) is 25.5 Å². The molecule has 12 aromatic rings. The zero-order valence-electron chi connectivity index (χ0n) is 39.9. The number of benzene rings is 6. The molecule has 0 fully saturated rings. The quantitative estimate of drug-likeness (QED) is 0.0386. The number of nitrogens with one attached hydrogen (secondary N) is 6. The minimum absolute atomic E-state index is 0.278. The predicted molar refractivity (Wildman–Crippen MR) is 329 cm³/mol. The first-order valence-electron chi connectivity index (χ1n) is 22.1. The molecule has 0 bridgehead atoms. The van der Waals surface area contributed by atoms with Crippen molar-refractivity contribution in [2.45, 2.75) is 24.7 Å². The number of carbonyl (C=O) groups is 2. The summed E-state index contributed by atoms with van der Waals surface area (Å²) in [5.74, 6) is 0.900.